The van der Waals surface area contributed by atoms with Crippen LogP contribution in [0.2, 0.25) is 0 Å². The second-order valence-electron chi connectivity index (χ2n) is 22.5. The molecule has 3 fully saturated rings. The number of alkyl halides is 3. The molecule has 2 saturated heterocycles. The van der Waals surface area contributed by atoms with Crippen molar-refractivity contribution in [3.05, 3.63) is 135 Å². The zero-order valence-electron chi connectivity index (χ0n) is 44.6. The number of halogens is 3. The highest BCUT2D eigenvalue weighted by Gasteiger charge is 2.64. The SMILES string of the molecule is Cc1ncsc1-c1ccc(CNC(=O)[C@@H]2C[C@@H](O)CN2C(=O)[C@H](C(C)C)N2Cc3ccc(N4CCN(CCCc5ccc(C(=O)N[C@H]6C(C)(C)[C@H](Oc7ccc(C#N)c(C(F)(F)F)c7)C6(C)C)cc5)CC4)cc3C2=O)cc1. The summed E-state index contributed by atoms with van der Waals surface area (Å²) in [6.07, 6.45) is -4.22. The van der Waals surface area contributed by atoms with Crippen LogP contribution in [0, 0.1) is 35.0 Å². The molecule has 3 aliphatic heterocycles. The highest BCUT2D eigenvalue weighted by atomic mass is 32.1. The average Bonchev–Trinajstić information content (AvgIpc) is 4.19. The van der Waals surface area contributed by atoms with E-state index in [4.69, 9.17) is 4.74 Å². The molecular formula is C59H67F3N8O6S. The number of fused-ring (bicyclic) bond motifs is 1. The molecule has 1 saturated carbocycles. The Balaban J connectivity index is 0.730. The lowest BCUT2D eigenvalue weighted by Crippen LogP contribution is -2.74. The number of carbonyl (C=O) groups excluding carboxylic acids is 4. The fourth-order valence-electron chi connectivity index (χ4n) is 12.3. The topological polar surface area (TPSA) is 171 Å². The van der Waals surface area contributed by atoms with Gasteiger partial charge >= 0.3 is 6.18 Å². The Morgan fingerprint density at radius 3 is 2.26 bits per heavy atom. The molecule has 4 aliphatic rings. The number of ether oxygens (including phenoxy) is 1. The van der Waals surface area contributed by atoms with Crippen LogP contribution in [0.1, 0.15) is 109 Å². The molecule has 4 aromatic carbocycles. The predicted octanol–water partition coefficient (Wildman–Crippen LogP) is 8.63. The lowest BCUT2D eigenvalue weighted by molar-refractivity contribution is -0.164. The van der Waals surface area contributed by atoms with Crippen LogP contribution in [-0.4, -0.2) is 118 Å². The van der Waals surface area contributed by atoms with Crippen LogP contribution >= 0.6 is 11.3 Å². The summed E-state index contributed by atoms with van der Waals surface area (Å²) >= 11 is 1.57. The molecule has 0 radical (unpaired) electrons. The van der Waals surface area contributed by atoms with Gasteiger partial charge in [0.1, 0.15) is 23.9 Å². The van der Waals surface area contributed by atoms with Crippen LogP contribution in [0.4, 0.5) is 18.9 Å². The number of aryl methyl sites for hydroxylation is 2. The highest BCUT2D eigenvalue weighted by Crippen LogP contribution is 2.56. The van der Waals surface area contributed by atoms with Gasteiger partial charge in [0.2, 0.25) is 11.8 Å². The Bertz CT molecular complexity index is 3040. The third kappa shape index (κ3) is 11.3. The Labute approximate surface area is 452 Å². The summed E-state index contributed by atoms with van der Waals surface area (Å²) in [4.78, 5) is 69.1. The Kier molecular flexibility index (Phi) is 15.6. The standard InChI is InChI=1S/C59H67F3N8O6S/c1-35(2)49(54(75)69-33-44(71)28-48(69)52(73)64-31-38-12-14-39(15-13-38)50-36(3)65-34-77-50)70-32-42-18-20-43(27-46(42)53(70)74)68-25-23-67(24-26-68)22-8-9-37-10-16-40(17-11-37)51(72)66-55-57(4,5)56(58(55,6)7)76-45-21-19-41(30-63)47(29-45)59(60,61)62/h10-21,27,29,34-35,44,48-49,55-56,71H,8-9,22-26,28,31-33H2,1-7H3,(H,64,73)(H,66,72)/t44-,48+,49+,55-,56-/m1/s1. The van der Waals surface area contributed by atoms with E-state index < -0.39 is 52.4 Å². The number of nitriles is 1. The molecule has 77 heavy (non-hydrogen) atoms. The van der Waals surface area contributed by atoms with Gasteiger partial charge in [0, 0.05) is 85.9 Å². The molecule has 4 heterocycles. The summed E-state index contributed by atoms with van der Waals surface area (Å²) in [6, 6.07) is 24.4. The lowest BCUT2D eigenvalue weighted by atomic mass is 9.49. The van der Waals surface area contributed by atoms with Crippen LogP contribution in [-0.2, 0) is 35.3 Å². The van der Waals surface area contributed by atoms with E-state index >= 15 is 0 Å². The van der Waals surface area contributed by atoms with Gasteiger partial charge in [0.25, 0.3) is 11.8 Å². The van der Waals surface area contributed by atoms with Crippen LogP contribution in [0.15, 0.2) is 90.4 Å². The first kappa shape index (κ1) is 55.0. The molecule has 3 N–H and O–H groups in total. The van der Waals surface area contributed by atoms with Crippen molar-refractivity contribution >= 4 is 40.7 Å². The molecule has 406 valence electrons. The molecular weight excluding hydrogens is 1010 g/mol. The number of nitrogens with one attached hydrogen (secondary N) is 2. The van der Waals surface area contributed by atoms with Crippen molar-refractivity contribution in [1.82, 2.24) is 30.3 Å². The molecule has 0 spiro atoms. The third-order valence-corrected chi connectivity index (χ3v) is 17.1. The number of amides is 4. The number of aliphatic hydroxyl groups is 1. The molecule has 14 nitrogen and oxygen atoms in total. The quantitative estimate of drug-likeness (QED) is 0.0869. The number of hydrogen-bond donors (Lipinski definition) is 3. The fraction of sp³-hybridized carbons (Fsp3) is 0.458. The normalized spacial score (nSPS) is 21.3. The third-order valence-electron chi connectivity index (χ3n) is 16.1. The van der Waals surface area contributed by atoms with Crippen LogP contribution in [0.25, 0.3) is 10.4 Å². The average molecular weight is 1070 g/mol. The number of likely N-dealkylation sites (tertiary alicyclic amines) is 1. The summed E-state index contributed by atoms with van der Waals surface area (Å²) in [6.45, 7) is 18.1. The van der Waals surface area contributed by atoms with Gasteiger partial charge in [-0.2, -0.15) is 18.4 Å². The highest BCUT2D eigenvalue weighted by molar-refractivity contribution is 7.13. The van der Waals surface area contributed by atoms with E-state index in [9.17, 15) is 42.7 Å². The van der Waals surface area contributed by atoms with Crippen molar-refractivity contribution in [3.63, 3.8) is 0 Å². The van der Waals surface area contributed by atoms with Gasteiger partial charge in [-0.3, -0.25) is 24.1 Å². The van der Waals surface area contributed by atoms with Crippen molar-refractivity contribution in [2.24, 2.45) is 16.7 Å². The van der Waals surface area contributed by atoms with E-state index in [0.29, 0.717) is 11.1 Å². The fourth-order valence-corrected chi connectivity index (χ4v) is 13.1. The van der Waals surface area contributed by atoms with Crippen molar-refractivity contribution in [3.8, 4) is 22.3 Å². The minimum Gasteiger partial charge on any atom is -0.489 e. The van der Waals surface area contributed by atoms with Gasteiger partial charge in [0.05, 0.1) is 39.4 Å². The minimum absolute atomic E-state index is 0.0103. The number of β-amino-alcohol motifs (C(OH)–C–C–N with tert-alkyl or cyclic N) is 1. The molecule has 9 rings (SSSR count). The van der Waals surface area contributed by atoms with E-state index in [0.717, 1.165) is 96.2 Å². The lowest BCUT2D eigenvalue weighted by Gasteiger charge is -2.63. The van der Waals surface area contributed by atoms with Gasteiger partial charge in [0.15, 0.2) is 0 Å². The van der Waals surface area contributed by atoms with Crippen molar-refractivity contribution in [2.45, 2.75) is 117 Å². The second-order valence-corrected chi connectivity index (χ2v) is 23.4. The van der Waals surface area contributed by atoms with Crippen LogP contribution < -0.4 is 20.3 Å². The van der Waals surface area contributed by atoms with E-state index in [1.54, 1.807) is 22.3 Å². The van der Waals surface area contributed by atoms with E-state index in [-0.39, 0.29) is 67.4 Å². The molecule has 5 aromatic rings. The maximum Gasteiger partial charge on any atom is 0.417 e. The zero-order valence-corrected chi connectivity index (χ0v) is 45.4. The molecule has 1 aliphatic carbocycles. The number of anilines is 1. The van der Waals surface area contributed by atoms with Gasteiger partial charge in [-0.15, -0.1) is 11.3 Å². The van der Waals surface area contributed by atoms with Gasteiger partial charge in [-0.05, 0) is 96.9 Å². The molecule has 3 atom stereocenters. The number of piperazine rings is 1. The van der Waals surface area contributed by atoms with Crippen molar-refractivity contribution in [2.75, 3.05) is 44.2 Å². The largest absolute Gasteiger partial charge is 0.489 e. The number of thiazole rings is 1. The molecule has 1 aromatic heterocycles. The van der Waals surface area contributed by atoms with Gasteiger partial charge in [-0.1, -0.05) is 84.0 Å². The molecule has 0 unspecified atom stereocenters. The molecule has 18 heteroatoms. The predicted molar refractivity (Wildman–Crippen MR) is 288 cm³/mol. The Hall–Kier alpha value is -6.81. The summed E-state index contributed by atoms with van der Waals surface area (Å²) < 4.78 is 47.1. The van der Waals surface area contributed by atoms with E-state index in [1.807, 2.05) is 121 Å². The first-order valence-electron chi connectivity index (χ1n) is 26.4. The first-order valence-corrected chi connectivity index (χ1v) is 27.3. The van der Waals surface area contributed by atoms with E-state index in [2.05, 4.69) is 25.4 Å². The number of aromatic nitrogens is 1. The Morgan fingerprint density at radius 1 is 0.935 bits per heavy atom. The number of aliphatic hydroxyl groups excluding tert-OH is 1. The van der Waals surface area contributed by atoms with Crippen molar-refractivity contribution in [1.29, 1.82) is 5.26 Å². The number of hydrogen-bond acceptors (Lipinski definition) is 11. The number of benzene rings is 4. The summed E-state index contributed by atoms with van der Waals surface area (Å²) in [5, 5.41) is 26.1. The van der Waals surface area contributed by atoms with Gasteiger partial charge < -0.3 is 35.2 Å². The summed E-state index contributed by atoms with van der Waals surface area (Å²) in [7, 11) is 0. The van der Waals surface area contributed by atoms with Crippen LogP contribution in [0.5, 0.6) is 5.75 Å². The number of carbonyl (C=O) groups is 4. The first-order chi connectivity index (χ1) is 36.5. The van der Waals surface area contributed by atoms with E-state index in [1.165, 1.54) is 11.0 Å². The zero-order chi connectivity index (χ0) is 55.1. The summed E-state index contributed by atoms with van der Waals surface area (Å²) in [5.41, 5.74) is 5.96. The van der Waals surface area contributed by atoms with Crippen LogP contribution in [0.3, 0.4) is 0 Å². The second kappa shape index (κ2) is 21.9. The smallest absolute Gasteiger partial charge is 0.417 e. The molecule has 4 amide bonds. The van der Waals surface area contributed by atoms with Crippen molar-refractivity contribution < 1.29 is 42.2 Å². The monoisotopic (exact) mass is 1070 g/mol. The number of rotatable bonds is 16. The molecule has 0 bridgehead atoms. The number of nitrogens with zero attached hydrogens (tertiary/aromatic N) is 6. The van der Waals surface area contributed by atoms with Gasteiger partial charge in [-0.25, -0.2) is 4.98 Å². The summed E-state index contributed by atoms with van der Waals surface area (Å²) in [5.74, 6) is -1.40. The minimum atomic E-state index is -4.71. The maximum atomic E-state index is 14.5. The Morgan fingerprint density at radius 2 is 1.62 bits per heavy atom. The maximum absolute atomic E-state index is 14.5.